The molecule has 1 aliphatic rings. The normalized spacial score (nSPS) is 20.1. The van der Waals surface area contributed by atoms with Crippen LogP contribution in [0.3, 0.4) is 0 Å². The summed E-state index contributed by atoms with van der Waals surface area (Å²) in [6.07, 6.45) is 0.465. The van der Waals surface area contributed by atoms with Crippen LogP contribution in [0, 0.1) is 0 Å². The Morgan fingerprint density at radius 1 is 1.88 bits per heavy atom. The van der Waals surface area contributed by atoms with Gasteiger partial charge in [-0.25, -0.2) is 5.06 Å². The van der Waals surface area contributed by atoms with Crippen LogP contribution in [0.5, 0.6) is 0 Å². The summed E-state index contributed by atoms with van der Waals surface area (Å²) in [6, 6.07) is 0.138. The fraction of sp³-hybridized carbons (Fsp3) is 0.750. The van der Waals surface area contributed by atoms with Gasteiger partial charge in [0, 0.05) is 0 Å². The second-order valence-corrected chi connectivity index (χ2v) is 1.71. The summed E-state index contributed by atoms with van der Waals surface area (Å²) in [5, 5.41) is 1.15. The molecule has 0 bridgehead atoms. The van der Waals surface area contributed by atoms with Crippen LogP contribution < -0.4 is 0 Å². The zero-order chi connectivity index (χ0) is 5.98. The SMILES string of the molecule is O=C1CCON1CCl. The van der Waals surface area contributed by atoms with Crippen molar-refractivity contribution in [2.24, 2.45) is 0 Å². The minimum atomic E-state index is -0.0278. The monoisotopic (exact) mass is 135 g/mol. The first-order chi connectivity index (χ1) is 3.84. The first-order valence-electron chi connectivity index (χ1n) is 2.34. The molecule has 46 valence electrons. The van der Waals surface area contributed by atoms with Gasteiger partial charge in [0.15, 0.2) is 0 Å². The second kappa shape index (κ2) is 2.33. The molecule has 0 N–H and O–H groups in total. The van der Waals surface area contributed by atoms with E-state index in [1.807, 2.05) is 0 Å². The third-order valence-corrected chi connectivity index (χ3v) is 1.17. The quantitative estimate of drug-likeness (QED) is 0.384. The lowest BCUT2D eigenvalue weighted by Gasteiger charge is -2.06. The van der Waals surface area contributed by atoms with E-state index in [4.69, 9.17) is 16.4 Å². The Bertz CT molecular complexity index is 106. The number of carbonyl (C=O) groups excluding carboxylic acids is 1. The highest BCUT2D eigenvalue weighted by Crippen LogP contribution is 2.05. The second-order valence-electron chi connectivity index (χ2n) is 1.47. The van der Waals surface area contributed by atoms with E-state index < -0.39 is 0 Å². The Hall–Kier alpha value is -0.280. The molecule has 3 nitrogen and oxygen atoms in total. The fourth-order valence-corrected chi connectivity index (χ4v) is 0.743. The predicted molar refractivity (Wildman–Crippen MR) is 28.1 cm³/mol. The number of amides is 1. The van der Waals surface area contributed by atoms with Gasteiger partial charge in [-0.1, -0.05) is 0 Å². The molecule has 1 aliphatic heterocycles. The van der Waals surface area contributed by atoms with Crippen molar-refractivity contribution >= 4 is 17.5 Å². The van der Waals surface area contributed by atoms with E-state index in [0.717, 1.165) is 5.06 Å². The van der Waals surface area contributed by atoms with Crippen molar-refractivity contribution in [2.45, 2.75) is 6.42 Å². The Kier molecular flexibility index (Phi) is 1.70. The number of rotatable bonds is 1. The maximum atomic E-state index is 10.5. The fourth-order valence-electron chi connectivity index (χ4n) is 0.541. The van der Waals surface area contributed by atoms with Crippen LogP contribution in [0.2, 0.25) is 0 Å². The molecule has 4 heteroatoms. The number of hydroxylamine groups is 2. The van der Waals surface area contributed by atoms with Gasteiger partial charge in [-0.15, -0.1) is 11.6 Å². The first-order valence-corrected chi connectivity index (χ1v) is 2.87. The molecule has 1 fully saturated rings. The zero-order valence-electron chi connectivity index (χ0n) is 4.26. The molecule has 0 unspecified atom stereocenters. The molecule has 0 atom stereocenters. The third kappa shape index (κ3) is 0.928. The van der Waals surface area contributed by atoms with Crippen molar-refractivity contribution in [2.75, 3.05) is 12.6 Å². The lowest BCUT2D eigenvalue weighted by molar-refractivity contribution is -0.156. The number of alkyl halides is 1. The maximum absolute atomic E-state index is 10.5. The van der Waals surface area contributed by atoms with Crippen molar-refractivity contribution in [3.63, 3.8) is 0 Å². The molecule has 1 heterocycles. The van der Waals surface area contributed by atoms with Crippen molar-refractivity contribution < 1.29 is 9.63 Å². The van der Waals surface area contributed by atoms with E-state index >= 15 is 0 Å². The number of carbonyl (C=O) groups is 1. The van der Waals surface area contributed by atoms with Gasteiger partial charge in [0.05, 0.1) is 13.0 Å². The van der Waals surface area contributed by atoms with Crippen LogP contribution in [0.1, 0.15) is 6.42 Å². The average Bonchev–Trinajstić information content (AvgIpc) is 2.14. The summed E-state index contributed by atoms with van der Waals surface area (Å²) in [7, 11) is 0. The van der Waals surface area contributed by atoms with Gasteiger partial charge in [0.25, 0.3) is 0 Å². The number of hydrogen-bond donors (Lipinski definition) is 0. The topological polar surface area (TPSA) is 29.5 Å². The minimum Gasteiger partial charge on any atom is -0.272 e. The molecular weight excluding hydrogens is 130 g/mol. The molecule has 0 saturated carbocycles. The molecule has 0 aromatic carbocycles. The van der Waals surface area contributed by atoms with E-state index in [9.17, 15) is 4.79 Å². The standard InChI is InChI=1S/C4H6ClNO2/c5-3-6-4(7)1-2-8-6/h1-3H2. The maximum Gasteiger partial charge on any atom is 0.249 e. The van der Waals surface area contributed by atoms with Gasteiger partial charge in [0.1, 0.15) is 6.00 Å². The molecule has 0 aromatic heterocycles. The third-order valence-electron chi connectivity index (χ3n) is 0.950. The Morgan fingerprint density at radius 2 is 2.62 bits per heavy atom. The average molecular weight is 136 g/mol. The molecule has 1 rings (SSSR count). The molecule has 0 spiro atoms. The molecule has 0 aliphatic carbocycles. The van der Waals surface area contributed by atoms with Gasteiger partial charge >= 0.3 is 0 Å². The van der Waals surface area contributed by atoms with Crippen molar-refractivity contribution in [1.29, 1.82) is 0 Å². The number of nitrogens with zero attached hydrogens (tertiary/aromatic N) is 1. The van der Waals surface area contributed by atoms with Gasteiger partial charge in [0.2, 0.25) is 5.91 Å². The molecule has 1 saturated heterocycles. The molecular formula is C4H6ClNO2. The predicted octanol–water partition coefficient (Wildman–Crippen LogP) is 0.347. The summed E-state index contributed by atoms with van der Waals surface area (Å²) in [5.41, 5.74) is 0. The molecule has 8 heavy (non-hydrogen) atoms. The molecule has 0 radical (unpaired) electrons. The van der Waals surface area contributed by atoms with Crippen LogP contribution >= 0.6 is 11.6 Å². The van der Waals surface area contributed by atoms with E-state index in [-0.39, 0.29) is 11.9 Å². The van der Waals surface area contributed by atoms with Crippen LogP contribution in [0.25, 0.3) is 0 Å². The summed E-state index contributed by atoms with van der Waals surface area (Å²) in [6.45, 7) is 0.478. The highest BCUT2D eigenvalue weighted by Gasteiger charge is 2.19. The van der Waals surface area contributed by atoms with Gasteiger partial charge in [-0.2, -0.15) is 0 Å². The van der Waals surface area contributed by atoms with Crippen LogP contribution in [-0.4, -0.2) is 23.6 Å². The van der Waals surface area contributed by atoms with E-state index in [1.165, 1.54) is 0 Å². The summed E-state index contributed by atoms with van der Waals surface area (Å²) in [4.78, 5) is 15.3. The Labute approximate surface area is 52.1 Å². The minimum absolute atomic E-state index is 0.0278. The van der Waals surface area contributed by atoms with Crippen LogP contribution in [0.4, 0.5) is 0 Å². The van der Waals surface area contributed by atoms with Crippen molar-refractivity contribution in [1.82, 2.24) is 5.06 Å². The van der Waals surface area contributed by atoms with Crippen LogP contribution in [0.15, 0.2) is 0 Å². The lowest BCUT2D eigenvalue weighted by Crippen LogP contribution is -2.20. The van der Waals surface area contributed by atoms with Crippen molar-refractivity contribution in [3.8, 4) is 0 Å². The largest absolute Gasteiger partial charge is 0.272 e. The summed E-state index contributed by atoms with van der Waals surface area (Å²) in [5.74, 6) is -0.0278. The van der Waals surface area contributed by atoms with Crippen LogP contribution in [-0.2, 0) is 9.63 Å². The Balaban J connectivity index is 2.42. The van der Waals surface area contributed by atoms with E-state index in [2.05, 4.69) is 0 Å². The summed E-state index contributed by atoms with van der Waals surface area (Å²) < 4.78 is 0. The molecule has 0 aromatic rings. The first kappa shape index (κ1) is 5.85. The number of halogens is 1. The number of hydrogen-bond acceptors (Lipinski definition) is 2. The van der Waals surface area contributed by atoms with Gasteiger partial charge < -0.3 is 0 Å². The lowest BCUT2D eigenvalue weighted by atomic mass is 10.5. The van der Waals surface area contributed by atoms with E-state index in [0.29, 0.717) is 13.0 Å². The van der Waals surface area contributed by atoms with Gasteiger partial charge in [-0.05, 0) is 0 Å². The highest BCUT2D eigenvalue weighted by molar-refractivity contribution is 6.18. The van der Waals surface area contributed by atoms with Crippen molar-refractivity contribution in [3.05, 3.63) is 0 Å². The van der Waals surface area contributed by atoms with E-state index in [1.54, 1.807) is 0 Å². The Morgan fingerprint density at radius 3 is 2.88 bits per heavy atom. The van der Waals surface area contributed by atoms with Gasteiger partial charge in [-0.3, -0.25) is 9.63 Å². The summed E-state index contributed by atoms with van der Waals surface area (Å²) >= 11 is 5.28. The molecule has 1 amide bonds. The zero-order valence-corrected chi connectivity index (χ0v) is 5.02. The smallest absolute Gasteiger partial charge is 0.249 e. The highest BCUT2D eigenvalue weighted by atomic mass is 35.5.